The molecule has 5 rings (SSSR count). The van der Waals surface area contributed by atoms with Crippen LogP contribution >= 0.6 is 34.9 Å². The molecule has 10 nitrogen and oxygen atoms in total. The fourth-order valence-corrected chi connectivity index (χ4v) is 5.77. The molecule has 38 heavy (non-hydrogen) atoms. The number of nitrogens with zero attached hydrogens (tertiary/aromatic N) is 6. The summed E-state index contributed by atoms with van der Waals surface area (Å²) in [7, 11) is 0. The highest BCUT2D eigenvalue weighted by atomic mass is 32.2. The lowest BCUT2D eigenvalue weighted by Crippen LogP contribution is -2.17. The molecule has 0 aliphatic carbocycles. The number of benzene rings is 3. The number of carbonyl (C=O) groups is 1. The van der Waals surface area contributed by atoms with Crippen LogP contribution in [0, 0.1) is 0 Å². The van der Waals surface area contributed by atoms with E-state index in [4.69, 9.17) is 5.84 Å². The van der Waals surface area contributed by atoms with Crippen molar-refractivity contribution < 1.29 is 4.79 Å². The van der Waals surface area contributed by atoms with Crippen molar-refractivity contribution in [1.29, 1.82) is 0 Å². The molecule has 2 heterocycles. The molecule has 13 heteroatoms. The van der Waals surface area contributed by atoms with Crippen molar-refractivity contribution in [3.8, 4) is 0 Å². The summed E-state index contributed by atoms with van der Waals surface area (Å²) in [6.07, 6.45) is 0. The SMILES string of the molecule is C/C(=N\Nc1nnc(SCC(=O)Nc2nnc(SCc3ccccc3)s2)n1N)c1ccc2ccccc2c1. The summed E-state index contributed by atoms with van der Waals surface area (Å²) in [4.78, 5) is 12.4. The second kappa shape index (κ2) is 12.1. The minimum absolute atomic E-state index is 0.0841. The monoisotopic (exact) mass is 561 g/mol. The average molecular weight is 562 g/mol. The molecule has 0 atom stereocenters. The Morgan fingerprint density at radius 3 is 2.61 bits per heavy atom. The normalized spacial score (nSPS) is 11.6. The maximum absolute atomic E-state index is 12.4. The maximum Gasteiger partial charge on any atom is 0.264 e. The van der Waals surface area contributed by atoms with Gasteiger partial charge in [-0.3, -0.25) is 10.1 Å². The third-order valence-electron chi connectivity index (χ3n) is 5.35. The first kappa shape index (κ1) is 25.7. The van der Waals surface area contributed by atoms with E-state index >= 15 is 0 Å². The molecule has 0 fully saturated rings. The third kappa shape index (κ3) is 6.49. The molecular formula is C25H23N9OS3. The van der Waals surface area contributed by atoms with Crippen molar-refractivity contribution in [2.24, 2.45) is 5.10 Å². The summed E-state index contributed by atoms with van der Waals surface area (Å²) >= 11 is 4.07. The number of anilines is 2. The van der Waals surface area contributed by atoms with Crippen LogP contribution in [0.25, 0.3) is 10.8 Å². The Bertz CT molecular complexity index is 1580. The zero-order valence-electron chi connectivity index (χ0n) is 20.2. The predicted molar refractivity (Wildman–Crippen MR) is 155 cm³/mol. The molecule has 0 saturated heterocycles. The van der Waals surface area contributed by atoms with Gasteiger partial charge in [-0.1, -0.05) is 102 Å². The second-order valence-electron chi connectivity index (χ2n) is 8.03. The molecule has 2 aromatic heterocycles. The van der Waals surface area contributed by atoms with E-state index in [1.54, 1.807) is 11.8 Å². The number of hydrazone groups is 1. The first-order chi connectivity index (χ1) is 18.5. The number of hydrogen-bond donors (Lipinski definition) is 3. The van der Waals surface area contributed by atoms with Crippen molar-refractivity contribution in [3.63, 3.8) is 0 Å². The van der Waals surface area contributed by atoms with E-state index < -0.39 is 0 Å². The van der Waals surface area contributed by atoms with Crippen LogP contribution in [0.5, 0.6) is 0 Å². The average Bonchev–Trinajstić information content (AvgIpc) is 3.55. The summed E-state index contributed by atoms with van der Waals surface area (Å²) in [6.45, 7) is 1.90. The van der Waals surface area contributed by atoms with Crippen molar-refractivity contribution >= 4 is 68.3 Å². The number of thioether (sulfide) groups is 2. The lowest BCUT2D eigenvalue weighted by Gasteiger charge is -2.05. The van der Waals surface area contributed by atoms with Gasteiger partial charge in [-0.05, 0) is 34.9 Å². The molecule has 3 aromatic carbocycles. The summed E-state index contributed by atoms with van der Waals surface area (Å²) in [5.74, 6) is 7.00. The van der Waals surface area contributed by atoms with Crippen LogP contribution in [-0.4, -0.2) is 42.4 Å². The molecule has 0 radical (unpaired) electrons. The molecule has 0 bridgehead atoms. The number of rotatable bonds is 10. The number of carbonyl (C=O) groups excluding carboxylic acids is 1. The van der Waals surface area contributed by atoms with Gasteiger partial charge < -0.3 is 5.84 Å². The van der Waals surface area contributed by atoms with E-state index in [1.165, 1.54) is 21.6 Å². The summed E-state index contributed by atoms with van der Waals surface area (Å²) in [5, 5.41) is 26.5. The van der Waals surface area contributed by atoms with Crippen LogP contribution in [-0.2, 0) is 10.5 Å². The first-order valence-electron chi connectivity index (χ1n) is 11.5. The number of nitrogens with two attached hydrogens (primary N) is 1. The van der Waals surface area contributed by atoms with Crippen LogP contribution < -0.4 is 16.6 Å². The first-order valence-corrected chi connectivity index (χ1v) is 14.3. The molecule has 0 unspecified atom stereocenters. The largest absolute Gasteiger partial charge is 0.334 e. The number of nitrogen functional groups attached to an aromatic ring is 1. The highest BCUT2D eigenvalue weighted by Gasteiger charge is 2.14. The van der Waals surface area contributed by atoms with Crippen molar-refractivity contribution in [1.82, 2.24) is 25.1 Å². The number of amides is 1. The topological polar surface area (TPSA) is 136 Å². The summed E-state index contributed by atoms with van der Waals surface area (Å²) in [6, 6.07) is 24.4. The Morgan fingerprint density at radius 2 is 1.76 bits per heavy atom. The van der Waals surface area contributed by atoms with E-state index in [9.17, 15) is 4.79 Å². The van der Waals surface area contributed by atoms with Gasteiger partial charge in [-0.25, -0.2) is 10.1 Å². The fraction of sp³-hybridized carbons (Fsp3) is 0.120. The van der Waals surface area contributed by atoms with E-state index in [0.717, 1.165) is 43.9 Å². The van der Waals surface area contributed by atoms with Gasteiger partial charge in [0.25, 0.3) is 5.95 Å². The number of fused-ring (bicyclic) bond motifs is 1. The predicted octanol–water partition coefficient (Wildman–Crippen LogP) is 4.86. The minimum Gasteiger partial charge on any atom is -0.334 e. The van der Waals surface area contributed by atoms with Gasteiger partial charge in [0, 0.05) is 5.75 Å². The molecule has 0 spiro atoms. The van der Waals surface area contributed by atoms with E-state index in [-0.39, 0.29) is 17.6 Å². The van der Waals surface area contributed by atoms with Gasteiger partial charge in [0.2, 0.25) is 16.2 Å². The number of aromatic nitrogens is 5. The lowest BCUT2D eigenvalue weighted by molar-refractivity contribution is -0.113. The van der Waals surface area contributed by atoms with Gasteiger partial charge in [0.15, 0.2) is 4.34 Å². The summed E-state index contributed by atoms with van der Waals surface area (Å²) < 4.78 is 2.05. The van der Waals surface area contributed by atoms with Gasteiger partial charge >= 0.3 is 0 Å². The minimum atomic E-state index is -0.242. The highest BCUT2D eigenvalue weighted by molar-refractivity contribution is 8.00. The van der Waals surface area contributed by atoms with Crippen LogP contribution in [0.2, 0.25) is 0 Å². The maximum atomic E-state index is 12.4. The molecule has 192 valence electrons. The van der Waals surface area contributed by atoms with Crippen molar-refractivity contribution in [2.45, 2.75) is 22.2 Å². The quantitative estimate of drug-likeness (QED) is 0.0718. The Balaban J connectivity index is 1.12. The smallest absolute Gasteiger partial charge is 0.264 e. The van der Waals surface area contributed by atoms with E-state index in [1.807, 2.05) is 43.3 Å². The Morgan fingerprint density at radius 1 is 0.974 bits per heavy atom. The Labute approximate surface area is 231 Å². The van der Waals surface area contributed by atoms with Crippen molar-refractivity contribution in [2.75, 3.05) is 22.3 Å². The van der Waals surface area contributed by atoms with Gasteiger partial charge in [0.05, 0.1) is 11.5 Å². The van der Waals surface area contributed by atoms with Gasteiger partial charge in [0.1, 0.15) is 0 Å². The Hall–Kier alpha value is -3.94. The van der Waals surface area contributed by atoms with Crippen LogP contribution in [0.3, 0.4) is 0 Å². The van der Waals surface area contributed by atoms with Gasteiger partial charge in [-0.15, -0.1) is 20.4 Å². The number of hydrogen-bond acceptors (Lipinski definition) is 11. The fourth-order valence-electron chi connectivity index (χ4n) is 3.39. The zero-order chi connectivity index (χ0) is 26.3. The molecular weight excluding hydrogens is 539 g/mol. The van der Waals surface area contributed by atoms with E-state index in [2.05, 4.69) is 72.6 Å². The molecule has 0 saturated carbocycles. The zero-order valence-corrected chi connectivity index (χ0v) is 22.7. The lowest BCUT2D eigenvalue weighted by atomic mass is 10.0. The van der Waals surface area contributed by atoms with E-state index in [0.29, 0.717) is 10.3 Å². The van der Waals surface area contributed by atoms with Crippen LogP contribution in [0.4, 0.5) is 11.1 Å². The second-order valence-corrected chi connectivity index (χ2v) is 11.2. The highest BCUT2D eigenvalue weighted by Crippen LogP contribution is 2.28. The molecule has 5 aromatic rings. The Kier molecular flexibility index (Phi) is 8.16. The molecule has 0 aliphatic heterocycles. The van der Waals surface area contributed by atoms with Crippen LogP contribution in [0.1, 0.15) is 18.1 Å². The number of nitrogens with one attached hydrogen (secondary N) is 2. The van der Waals surface area contributed by atoms with Gasteiger partial charge in [-0.2, -0.15) is 5.10 Å². The van der Waals surface area contributed by atoms with Crippen molar-refractivity contribution in [3.05, 3.63) is 83.9 Å². The third-order valence-corrected chi connectivity index (χ3v) is 8.33. The molecule has 0 aliphatic rings. The molecule has 4 N–H and O–H groups in total. The summed E-state index contributed by atoms with van der Waals surface area (Å²) in [5.41, 5.74) is 5.80. The molecule has 1 amide bonds. The standard InChI is InChI=1S/C25H23N9OS3/c1-16(19-12-11-18-9-5-6-10-20(18)13-19)28-29-22-30-32-24(34(22)26)36-15-21(35)27-23-31-33-25(38-23)37-14-17-7-3-2-4-8-17/h2-13H,14-15,26H2,1H3,(H,29,30)(H,27,31,35)/b28-16+. The van der Waals surface area contributed by atoms with Crippen LogP contribution in [0.15, 0.2) is 87.4 Å².